The lowest BCUT2D eigenvalue weighted by Crippen LogP contribution is -2.24. The molecule has 0 radical (unpaired) electrons. The number of aromatic nitrogens is 2. The van der Waals surface area contributed by atoms with Gasteiger partial charge in [0.05, 0.1) is 38.9 Å². The molecule has 1 heterocycles. The number of unbranched alkanes of at least 4 members (excludes halogenated alkanes) is 2. The van der Waals surface area contributed by atoms with Crippen LogP contribution in [0.5, 0.6) is 11.5 Å². The Morgan fingerprint density at radius 2 is 1.51 bits per heavy atom. The summed E-state index contributed by atoms with van der Waals surface area (Å²) in [6.07, 6.45) is 5.12. The molecule has 0 spiro atoms. The van der Waals surface area contributed by atoms with Gasteiger partial charge in [0.25, 0.3) is 0 Å². The summed E-state index contributed by atoms with van der Waals surface area (Å²) < 4.78 is 30.5. The maximum Gasteiger partial charge on any atom is 0.513 e. The molecule has 0 N–H and O–H groups in total. The number of allylic oxidation sites excluding steroid dienone is 1. The molecule has 1 aliphatic carbocycles. The molecule has 1 aliphatic rings. The quantitative estimate of drug-likeness (QED) is 0.0494. The van der Waals surface area contributed by atoms with Crippen molar-refractivity contribution in [1.82, 2.24) is 9.55 Å². The molecule has 1 unspecified atom stereocenters. The zero-order valence-corrected chi connectivity index (χ0v) is 29.3. The van der Waals surface area contributed by atoms with E-state index in [0.717, 1.165) is 40.7 Å². The van der Waals surface area contributed by atoms with Crippen LogP contribution < -0.4 is 9.47 Å². The lowest BCUT2D eigenvalue weighted by molar-refractivity contribution is -0.139. The average molecular weight is 687 g/mol. The van der Waals surface area contributed by atoms with Crippen LogP contribution in [0.2, 0.25) is 0 Å². The summed E-state index contributed by atoms with van der Waals surface area (Å²) in [6.45, 7) is 3.92. The van der Waals surface area contributed by atoms with Crippen molar-refractivity contribution in [3.8, 4) is 33.9 Å². The van der Waals surface area contributed by atoms with Gasteiger partial charge in [-0.3, -0.25) is 0 Å². The standard InChI is InChI=1S/C42H42N2O7/c1-5-6-14-23-49-41(45)39(28(2)51-42(46)50-26-36-33-19-12-10-17-31(33)32-18-11-13-20-34(32)36)40(35-22-21-30(47-3)24-38(35)48-4)44-25-37(43-27-44)29-15-8-7-9-16-29/h7-13,15-22,24-25,27,36,40H,5-6,14,23,26H2,1-4H3. The zero-order chi connectivity index (χ0) is 35.7. The molecular formula is C42H42N2O7. The summed E-state index contributed by atoms with van der Waals surface area (Å²) in [7, 11) is 3.12. The Balaban J connectivity index is 1.37. The first-order chi connectivity index (χ1) is 24.9. The number of rotatable bonds is 14. The van der Waals surface area contributed by atoms with Crippen LogP contribution in [0.4, 0.5) is 4.79 Å². The second-order valence-electron chi connectivity index (χ2n) is 12.3. The van der Waals surface area contributed by atoms with E-state index in [1.54, 1.807) is 44.2 Å². The molecule has 1 atom stereocenters. The Morgan fingerprint density at radius 3 is 2.18 bits per heavy atom. The van der Waals surface area contributed by atoms with E-state index in [-0.39, 0.29) is 30.5 Å². The first-order valence-electron chi connectivity index (χ1n) is 17.1. The molecule has 0 saturated heterocycles. The highest BCUT2D eigenvalue weighted by Crippen LogP contribution is 2.45. The van der Waals surface area contributed by atoms with E-state index in [1.807, 2.05) is 79.0 Å². The van der Waals surface area contributed by atoms with Crippen molar-refractivity contribution in [1.29, 1.82) is 0 Å². The Morgan fingerprint density at radius 1 is 0.824 bits per heavy atom. The molecule has 262 valence electrons. The monoisotopic (exact) mass is 686 g/mol. The number of hydrogen-bond donors (Lipinski definition) is 0. The fourth-order valence-electron chi connectivity index (χ4n) is 6.59. The largest absolute Gasteiger partial charge is 0.513 e. The molecule has 4 aromatic carbocycles. The van der Waals surface area contributed by atoms with Crippen LogP contribution in [-0.2, 0) is 19.0 Å². The minimum absolute atomic E-state index is 0.0329. The summed E-state index contributed by atoms with van der Waals surface area (Å²) in [5.41, 5.74) is 6.69. The molecule has 51 heavy (non-hydrogen) atoms. The minimum Gasteiger partial charge on any atom is -0.497 e. The van der Waals surface area contributed by atoms with Gasteiger partial charge < -0.3 is 28.3 Å². The number of carbonyl (C=O) groups is 2. The molecule has 6 rings (SSSR count). The molecule has 0 aliphatic heterocycles. The maximum atomic E-state index is 14.1. The van der Waals surface area contributed by atoms with Crippen LogP contribution in [0.1, 0.15) is 61.8 Å². The van der Waals surface area contributed by atoms with Crippen LogP contribution in [-0.4, -0.2) is 49.1 Å². The average Bonchev–Trinajstić information content (AvgIpc) is 3.78. The number of ether oxygens (including phenoxy) is 5. The van der Waals surface area contributed by atoms with Crippen molar-refractivity contribution in [2.24, 2.45) is 0 Å². The van der Waals surface area contributed by atoms with Crippen molar-refractivity contribution in [3.63, 3.8) is 0 Å². The van der Waals surface area contributed by atoms with E-state index in [4.69, 9.17) is 23.7 Å². The predicted molar refractivity (Wildman–Crippen MR) is 195 cm³/mol. The third-order valence-electron chi connectivity index (χ3n) is 9.12. The first-order valence-corrected chi connectivity index (χ1v) is 17.1. The van der Waals surface area contributed by atoms with Crippen molar-refractivity contribution in [2.45, 2.75) is 45.1 Å². The molecule has 1 aromatic heterocycles. The van der Waals surface area contributed by atoms with Gasteiger partial charge >= 0.3 is 12.1 Å². The van der Waals surface area contributed by atoms with E-state index in [9.17, 15) is 9.59 Å². The van der Waals surface area contributed by atoms with Crippen molar-refractivity contribution < 1.29 is 33.3 Å². The Hall–Kier alpha value is -5.83. The number of nitrogens with zero attached hydrogens (tertiary/aromatic N) is 2. The van der Waals surface area contributed by atoms with E-state index in [2.05, 4.69) is 24.0 Å². The van der Waals surface area contributed by atoms with Gasteiger partial charge in [-0.05, 0) is 47.7 Å². The SMILES string of the molecule is CCCCCOC(=O)C(=C(C)OC(=O)OCC1c2ccccc2-c2ccccc21)C(c1ccc(OC)cc1OC)n1cnc(-c2ccccc2)c1. The van der Waals surface area contributed by atoms with E-state index < -0.39 is 18.2 Å². The second-order valence-corrected chi connectivity index (χ2v) is 12.3. The lowest BCUT2D eigenvalue weighted by Gasteiger charge is -2.25. The first kappa shape index (κ1) is 35.0. The minimum atomic E-state index is -0.929. The molecule has 9 nitrogen and oxygen atoms in total. The maximum absolute atomic E-state index is 14.1. The Bertz CT molecular complexity index is 1970. The van der Waals surface area contributed by atoms with Crippen LogP contribution in [0.3, 0.4) is 0 Å². The Labute approximate surface area is 298 Å². The van der Waals surface area contributed by atoms with Gasteiger partial charge in [-0.15, -0.1) is 0 Å². The van der Waals surface area contributed by atoms with Gasteiger partial charge in [-0.2, -0.15) is 0 Å². The third kappa shape index (κ3) is 7.67. The predicted octanol–water partition coefficient (Wildman–Crippen LogP) is 9.13. The lowest BCUT2D eigenvalue weighted by atomic mass is 9.96. The van der Waals surface area contributed by atoms with Gasteiger partial charge in [0.15, 0.2) is 0 Å². The number of hydrogen-bond acceptors (Lipinski definition) is 8. The number of methoxy groups -OCH3 is 2. The highest BCUT2D eigenvalue weighted by Gasteiger charge is 2.34. The molecular weight excluding hydrogens is 644 g/mol. The normalized spacial score (nSPS) is 13.0. The van der Waals surface area contributed by atoms with Gasteiger partial charge in [0, 0.05) is 29.3 Å². The Kier molecular flexibility index (Phi) is 11.2. The fourth-order valence-corrected chi connectivity index (χ4v) is 6.59. The topological polar surface area (TPSA) is 98.1 Å². The van der Waals surface area contributed by atoms with E-state index >= 15 is 0 Å². The van der Waals surface area contributed by atoms with Gasteiger partial charge in [0.2, 0.25) is 0 Å². The zero-order valence-electron chi connectivity index (χ0n) is 29.3. The third-order valence-corrected chi connectivity index (χ3v) is 9.12. The number of carbonyl (C=O) groups excluding carboxylic acids is 2. The molecule has 0 fully saturated rings. The second kappa shape index (κ2) is 16.3. The smallest absolute Gasteiger partial charge is 0.497 e. The van der Waals surface area contributed by atoms with Crippen molar-refractivity contribution in [2.75, 3.05) is 27.4 Å². The van der Waals surface area contributed by atoms with Crippen molar-refractivity contribution >= 4 is 12.1 Å². The van der Waals surface area contributed by atoms with Crippen LogP contribution in [0.25, 0.3) is 22.4 Å². The highest BCUT2D eigenvalue weighted by atomic mass is 16.7. The number of imidazole rings is 1. The number of esters is 1. The molecule has 9 heteroatoms. The van der Waals surface area contributed by atoms with Gasteiger partial charge in [-0.25, -0.2) is 14.6 Å². The summed E-state index contributed by atoms with van der Waals surface area (Å²) in [5.74, 6) is 0.276. The van der Waals surface area contributed by atoms with Crippen molar-refractivity contribution in [3.05, 3.63) is 138 Å². The number of benzene rings is 4. The summed E-state index contributed by atoms with van der Waals surface area (Å²) in [4.78, 5) is 32.3. The molecule has 0 saturated carbocycles. The summed E-state index contributed by atoms with van der Waals surface area (Å²) in [6, 6.07) is 30.4. The van der Waals surface area contributed by atoms with Crippen LogP contribution in [0.15, 0.2) is 121 Å². The highest BCUT2D eigenvalue weighted by molar-refractivity contribution is 5.91. The van der Waals surface area contributed by atoms with Crippen LogP contribution in [0, 0.1) is 0 Å². The fraction of sp³-hybridized carbons (Fsp3) is 0.262. The molecule has 5 aromatic rings. The van der Waals surface area contributed by atoms with Gasteiger partial charge in [0.1, 0.15) is 29.4 Å². The summed E-state index contributed by atoms with van der Waals surface area (Å²) in [5, 5.41) is 0. The summed E-state index contributed by atoms with van der Waals surface area (Å²) >= 11 is 0. The van der Waals surface area contributed by atoms with Crippen LogP contribution >= 0.6 is 0 Å². The van der Waals surface area contributed by atoms with E-state index in [1.165, 1.54) is 0 Å². The van der Waals surface area contributed by atoms with Gasteiger partial charge in [-0.1, -0.05) is 98.6 Å². The molecule has 0 bridgehead atoms. The van der Waals surface area contributed by atoms with E-state index in [0.29, 0.717) is 29.2 Å². The number of fused-ring (bicyclic) bond motifs is 3. The molecule has 0 amide bonds.